The Kier molecular flexibility index (Phi) is 5.61. The summed E-state index contributed by atoms with van der Waals surface area (Å²) in [6.45, 7) is 10.3. The SMILES string of the molecule is CCOc1cc([C@H]2C(C#N)=C(N)OC3=C2C(=O)CC(C)(C)C3)ccc1OC(C)C. The Morgan fingerprint density at radius 3 is 2.66 bits per heavy atom. The molecule has 3 rings (SSSR count). The highest BCUT2D eigenvalue weighted by molar-refractivity contribution is 6.00. The van der Waals surface area contributed by atoms with Gasteiger partial charge in [0.1, 0.15) is 17.4 Å². The first kappa shape index (κ1) is 20.8. The van der Waals surface area contributed by atoms with Crippen molar-refractivity contribution in [2.24, 2.45) is 11.1 Å². The first-order valence-corrected chi connectivity index (χ1v) is 9.94. The average Bonchev–Trinajstić information content (AvgIpc) is 2.60. The Labute approximate surface area is 171 Å². The lowest BCUT2D eigenvalue weighted by Gasteiger charge is -2.37. The van der Waals surface area contributed by atoms with Crippen LogP contribution in [0.1, 0.15) is 58.9 Å². The van der Waals surface area contributed by atoms with Crippen LogP contribution < -0.4 is 15.2 Å². The molecule has 6 nitrogen and oxygen atoms in total. The van der Waals surface area contributed by atoms with Crippen LogP contribution in [0.25, 0.3) is 0 Å². The molecule has 154 valence electrons. The molecule has 1 aliphatic heterocycles. The molecule has 1 aliphatic carbocycles. The van der Waals surface area contributed by atoms with E-state index in [1.165, 1.54) is 0 Å². The van der Waals surface area contributed by atoms with Crippen LogP contribution >= 0.6 is 0 Å². The van der Waals surface area contributed by atoms with Crippen LogP contribution in [0.2, 0.25) is 0 Å². The monoisotopic (exact) mass is 396 g/mol. The van der Waals surface area contributed by atoms with Crippen LogP contribution in [0.4, 0.5) is 0 Å². The molecule has 1 atom stereocenters. The van der Waals surface area contributed by atoms with Crippen molar-refractivity contribution < 1.29 is 19.0 Å². The summed E-state index contributed by atoms with van der Waals surface area (Å²) < 4.78 is 17.4. The van der Waals surface area contributed by atoms with E-state index in [1.807, 2.05) is 52.8 Å². The number of ether oxygens (including phenoxy) is 3. The molecule has 0 amide bonds. The van der Waals surface area contributed by atoms with Crippen molar-refractivity contribution in [3.05, 3.63) is 46.6 Å². The first-order valence-electron chi connectivity index (χ1n) is 9.94. The van der Waals surface area contributed by atoms with Crippen molar-refractivity contribution >= 4 is 5.78 Å². The van der Waals surface area contributed by atoms with Gasteiger partial charge in [-0.05, 0) is 43.9 Å². The van der Waals surface area contributed by atoms with E-state index >= 15 is 0 Å². The van der Waals surface area contributed by atoms with E-state index < -0.39 is 5.92 Å². The summed E-state index contributed by atoms with van der Waals surface area (Å²) >= 11 is 0. The third-order valence-corrected chi connectivity index (χ3v) is 5.04. The van der Waals surface area contributed by atoms with Gasteiger partial charge in [0.25, 0.3) is 0 Å². The Bertz CT molecular complexity index is 935. The van der Waals surface area contributed by atoms with Crippen molar-refractivity contribution in [3.8, 4) is 17.6 Å². The van der Waals surface area contributed by atoms with Crippen LogP contribution in [0.15, 0.2) is 41.0 Å². The lowest BCUT2D eigenvalue weighted by atomic mass is 9.70. The van der Waals surface area contributed by atoms with Gasteiger partial charge in [-0.15, -0.1) is 0 Å². The summed E-state index contributed by atoms with van der Waals surface area (Å²) in [4.78, 5) is 13.1. The van der Waals surface area contributed by atoms with Crippen molar-refractivity contribution in [1.29, 1.82) is 5.26 Å². The van der Waals surface area contributed by atoms with Crippen LogP contribution in [-0.4, -0.2) is 18.5 Å². The molecule has 0 unspecified atom stereocenters. The van der Waals surface area contributed by atoms with E-state index in [-0.39, 0.29) is 28.8 Å². The molecular weight excluding hydrogens is 368 g/mol. The van der Waals surface area contributed by atoms with E-state index in [1.54, 1.807) is 0 Å². The van der Waals surface area contributed by atoms with Crippen molar-refractivity contribution in [2.45, 2.75) is 59.5 Å². The lowest BCUT2D eigenvalue weighted by molar-refractivity contribution is -0.119. The molecule has 2 aliphatic rings. The van der Waals surface area contributed by atoms with Gasteiger partial charge in [-0.1, -0.05) is 19.9 Å². The van der Waals surface area contributed by atoms with Gasteiger partial charge in [-0.2, -0.15) is 5.26 Å². The van der Waals surface area contributed by atoms with Crippen LogP contribution in [-0.2, 0) is 9.53 Å². The lowest BCUT2D eigenvalue weighted by Crippen LogP contribution is -2.33. The second-order valence-corrected chi connectivity index (χ2v) is 8.51. The fourth-order valence-corrected chi connectivity index (χ4v) is 3.94. The first-order chi connectivity index (χ1) is 13.7. The van der Waals surface area contributed by atoms with Gasteiger partial charge in [0.05, 0.1) is 18.6 Å². The number of ketones is 1. The highest BCUT2D eigenvalue weighted by Crippen LogP contribution is 2.48. The zero-order chi connectivity index (χ0) is 21.3. The summed E-state index contributed by atoms with van der Waals surface area (Å²) in [6, 6.07) is 7.66. The summed E-state index contributed by atoms with van der Waals surface area (Å²) in [5.74, 6) is 1.24. The standard InChI is InChI=1S/C23H28N2O4/c1-6-27-18-9-14(7-8-17(18)28-13(2)3)20-15(12-24)22(25)29-19-11-23(4,5)10-16(26)21(19)20/h7-9,13,20H,6,10-11,25H2,1-5H3/t20-/m0/s1. The quantitative estimate of drug-likeness (QED) is 0.796. The molecule has 0 spiro atoms. The van der Waals surface area contributed by atoms with E-state index in [9.17, 15) is 10.1 Å². The van der Waals surface area contributed by atoms with Crippen LogP contribution in [0.3, 0.4) is 0 Å². The van der Waals surface area contributed by atoms with Gasteiger partial charge < -0.3 is 19.9 Å². The predicted octanol–water partition coefficient (Wildman–Crippen LogP) is 4.32. The Morgan fingerprint density at radius 2 is 2.03 bits per heavy atom. The van der Waals surface area contributed by atoms with Gasteiger partial charge in [0, 0.05) is 18.4 Å². The molecule has 0 radical (unpaired) electrons. The summed E-state index contributed by atoms with van der Waals surface area (Å²) in [7, 11) is 0. The molecule has 0 aromatic heterocycles. The Hall–Kier alpha value is -2.94. The predicted molar refractivity (Wildman–Crippen MR) is 109 cm³/mol. The third kappa shape index (κ3) is 4.09. The number of Topliss-reactive ketones (excluding diaryl/α,β-unsaturated/α-hetero) is 1. The van der Waals surface area contributed by atoms with Gasteiger partial charge in [0.2, 0.25) is 5.88 Å². The van der Waals surface area contributed by atoms with E-state index in [4.69, 9.17) is 19.9 Å². The highest BCUT2D eigenvalue weighted by Gasteiger charge is 2.43. The molecule has 0 saturated carbocycles. The number of benzene rings is 1. The number of carbonyl (C=O) groups excluding carboxylic acids is 1. The Balaban J connectivity index is 2.14. The Morgan fingerprint density at radius 1 is 1.31 bits per heavy atom. The van der Waals surface area contributed by atoms with Crippen molar-refractivity contribution in [3.63, 3.8) is 0 Å². The molecule has 0 fully saturated rings. The van der Waals surface area contributed by atoms with E-state index in [0.717, 1.165) is 5.56 Å². The largest absolute Gasteiger partial charge is 0.490 e. The van der Waals surface area contributed by atoms with Gasteiger partial charge in [0.15, 0.2) is 17.3 Å². The number of nitrogens with zero attached hydrogens (tertiary/aromatic N) is 1. The molecule has 6 heteroatoms. The molecule has 1 heterocycles. The van der Waals surface area contributed by atoms with Gasteiger partial charge >= 0.3 is 0 Å². The third-order valence-electron chi connectivity index (χ3n) is 5.04. The topological polar surface area (TPSA) is 94.6 Å². The fraction of sp³-hybridized carbons (Fsp3) is 0.478. The van der Waals surface area contributed by atoms with Gasteiger partial charge in [-0.3, -0.25) is 4.79 Å². The summed E-state index contributed by atoms with van der Waals surface area (Å²) in [5, 5.41) is 9.76. The second-order valence-electron chi connectivity index (χ2n) is 8.51. The second kappa shape index (κ2) is 7.82. The number of nitriles is 1. The summed E-state index contributed by atoms with van der Waals surface area (Å²) in [6.07, 6.45) is 0.985. The summed E-state index contributed by atoms with van der Waals surface area (Å²) in [5.41, 5.74) is 7.40. The number of allylic oxidation sites excluding steroid dienone is 3. The maximum Gasteiger partial charge on any atom is 0.205 e. The minimum atomic E-state index is -0.570. The minimum absolute atomic E-state index is 0.00943. The minimum Gasteiger partial charge on any atom is -0.490 e. The maximum absolute atomic E-state index is 13.1. The molecular formula is C23H28N2O4. The highest BCUT2D eigenvalue weighted by atomic mass is 16.5. The van der Waals surface area contributed by atoms with Crippen LogP contribution in [0, 0.1) is 16.7 Å². The van der Waals surface area contributed by atoms with Gasteiger partial charge in [-0.25, -0.2) is 0 Å². The smallest absolute Gasteiger partial charge is 0.205 e. The number of carbonyl (C=O) groups is 1. The maximum atomic E-state index is 13.1. The number of hydrogen-bond acceptors (Lipinski definition) is 6. The number of rotatable bonds is 5. The zero-order valence-corrected chi connectivity index (χ0v) is 17.7. The van der Waals surface area contributed by atoms with Crippen molar-refractivity contribution in [1.82, 2.24) is 0 Å². The van der Waals surface area contributed by atoms with Crippen molar-refractivity contribution in [2.75, 3.05) is 6.61 Å². The molecule has 0 bridgehead atoms. The average molecular weight is 396 g/mol. The number of hydrogen-bond donors (Lipinski definition) is 1. The zero-order valence-electron chi connectivity index (χ0n) is 17.7. The van der Waals surface area contributed by atoms with E-state index in [2.05, 4.69) is 6.07 Å². The normalized spacial score (nSPS) is 20.9. The van der Waals surface area contributed by atoms with Crippen LogP contribution in [0.5, 0.6) is 11.5 Å². The number of nitrogens with two attached hydrogens (primary N) is 1. The molecule has 1 aromatic rings. The fourth-order valence-electron chi connectivity index (χ4n) is 3.94. The molecule has 2 N–H and O–H groups in total. The molecule has 29 heavy (non-hydrogen) atoms. The molecule has 0 saturated heterocycles. The molecule has 1 aromatic carbocycles. The van der Waals surface area contributed by atoms with E-state index in [0.29, 0.717) is 42.3 Å².